The van der Waals surface area contributed by atoms with Gasteiger partial charge in [0.1, 0.15) is 0 Å². The molecule has 0 saturated heterocycles. The van der Waals surface area contributed by atoms with Crippen LogP contribution in [0.3, 0.4) is 0 Å². The number of carboxylic acids is 1. The Morgan fingerprint density at radius 1 is 1.39 bits per heavy atom. The zero-order chi connectivity index (χ0) is 17.4. The van der Waals surface area contributed by atoms with Crippen molar-refractivity contribution < 1.29 is 15.0 Å². The van der Waals surface area contributed by atoms with Gasteiger partial charge in [0, 0.05) is 6.42 Å². The van der Waals surface area contributed by atoms with Gasteiger partial charge in [-0.2, -0.15) is 0 Å². The molecule has 128 valence electrons. The van der Waals surface area contributed by atoms with Gasteiger partial charge in [0.15, 0.2) is 0 Å². The van der Waals surface area contributed by atoms with Gasteiger partial charge in [0.2, 0.25) is 0 Å². The van der Waals surface area contributed by atoms with E-state index in [1.165, 1.54) is 16.7 Å². The van der Waals surface area contributed by atoms with Crippen LogP contribution in [0.25, 0.3) is 0 Å². The fourth-order valence-electron chi connectivity index (χ4n) is 4.35. The number of fused-ring (bicyclic) bond motifs is 1. The predicted molar refractivity (Wildman–Crippen MR) is 92.9 cm³/mol. The summed E-state index contributed by atoms with van der Waals surface area (Å²) in [6.45, 7) is 10.2. The molecule has 0 fully saturated rings. The largest absolute Gasteiger partial charge is 0.481 e. The third-order valence-corrected chi connectivity index (χ3v) is 5.59. The molecule has 3 heteroatoms. The third kappa shape index (κ3) is 3.60. The van der Waals surface area contributed by atoms with Crippen molar-refractivity contribution >= 4 is 5.97 Å². The molecule has 1 aliphatic carbocycles. The summed E-state index contributed by atoms with van der Waals surface area (Å²) >= 11 is 0. The van der Waals surface area contributed by atoms with Crippen LogP contribution in [0, 0.1) is 5.92 Å². The molecular formula is C20H30O3. The van der Waals surface area contributed by atoms with Crippen LogP contribution in [-0.4, -0.2) is 21.8 Å². The molecule has 0 heterocycles. The molecule has 0 bridgehead atoms. The average molecular weight is 318 g/mol. The van der Waals surface area contributed by atoms with E-state index in [9.17, 15) is 9.90 Å². The van der Waals surface area contributed by atoms with Crippen molar-refractivity contribution in [2.24, 2.45) is 5.92 Å². The van der Waals surface area contributed by atoms with Crippen molar-refractivity contribution in [3.63, 3.8) is 0 Å². The van der Waals surface area contributed by atoms with Crippen molar-refractivity contribution in [1.82, 2.24) is 0 Å². The molecule has 1 aliphatic rings. The molecule has 1 aromatic rings. The highest BCUT2D eigenvalue weighted by molar-refractivity contribution is 5.67. The van der Waals surface area contributed by atoms with Crippen molar-refractivity contribution in [2.75, 3.05) is 0 Å². The number of rotatable bonds is 5. The van der Waals surface area contributed by atoms with E-state index in [1.54, 1.807) is 0 Å². The van der Waals surface area contributed by atoms with Crippen LogP contribution in [0.1, 0.15) is 76.5 Å². The Labute approximate surface area is 139 Å². The molecule has 23 heavy (non-hydrogen) atoms. The number of aryl methyl sites for hydroxylation is 1. The Bertz CT molecular complexity index is 583. The van der Waals surface area contributed by atoms with Gasteiger partial charge in [-0.1, -0.05) is 39.0 Å². The van der Waals surface area contributed by atoms with Crippen LogP contribution in [0.4, 0.5) is 0 Å². The SMILES string of the molecule is CC(C)c1ccc2c(c1)CC[C@@H](C(C)(C)O)[C@]2(C)CCC(=O)O. The molecule has 0 unspecified atom stereocenters. The van der Waals surface area contributed by atoms with Gasteiger partial charge in [-0.05, 0) is 67.1 Å². The van der Waals surface area contributed by atoms with E-state index < -0.39 is 11.6 Å². The maximum absolute atomic E-state index is 11.1. The van der Waals surface area contributed by atoms with Gasteiger partial charge < -0.3 is 10.2 Å². The number of hydrogen-bond donors (Lipinski definition) is 2. The standard InChI is InChI=1S/C20H30O3/c1-13(2)14-6-8-16-15(12-14)7-9-17(19(3,4)23)20(16,5)11-10-18(21)22/h6,8,12-13,17,23H,7,9-11H2,1-5H3,(H,21,22)/t17-,20+/m0/s1. The summed E-state index contributed by atoms with van der Waals surface area (Å²) in [6.07, 6.45) is 2.54. The van der Waals surface area contributed by atoms with E-state index in [1.807, 2.05) is 13.8 Å². The molecule has 0 radical (unpaired) electrons. The maximum Gasteiger partial charge on any atom is 0.303 e. The lowest BCUT2D eigenvalue weighted by molar-refractivity contribution is -0.138. The van der Waals surface area contributed by atoms with Gasteiger partial charge in [-0.25, -0.2) is 0 Å². The Morgan fingerprint density at radius 2 is 2.04 bits per heavy atom. The minimum Gasteiger partial charge on any atom is -0.481 e. The monoisotopic (exact) mass is 318 g/mol. The summed E-state index contributed by atoms with van der Waals surface area (Å²) in [5.74, 6) is -0.226. The minimum absolute atomic E-state index is 0.0618. The van der Waals surface area contributed by atoms with Crippen LogP contribution >= 0.6 is 0 Å². The summed E-state index contributed by atoms with van der Waals surface area (Å²) < 4.78 is 0. The molecule has 1 aromatic carbocycles. The fourth-order valence-corrected chi connectivity index (χ4v) is 4.35. The minimum atomic E-state index is -0.818. The topological polar surface area (TPSA) is 57.5 Å². The zero-order valence-corrected chi connectivity index (χ0v) is 15.0. The predicted octanol–water partition coefficient (Wildman–Crippen LogP) is 4.27. The zero-order valence-electron chi connectivity index (χ0n) is 15.0. The summed E-state index contributed by atoms with van der Waals surface area (Å²) in [7, 11) is 0. The summed E-state index contributed by atoms with van der Waals surface area (Å²) in [6, 6.07) is 6.61. The molecule has 2 rings (SSSR count). The quantitative estimate of drug-likeness (QED) is 0.852. The van der Waals surface area contributed by atoms with Gasteiger partial charge in [-0.15, -0.1) is 0 Å². The number of benzene rings is 1. The van der Waals surface area contributed by atoms with Crippen LogP contribution in [0.2, 0.25) is 0 Å². The van der Waals surface area contributed by atoms with Crippen LogP contribution in [-0.2, 0) is 16.6 Å². The Morgan fingerprint density at radius 3 is 2.57 bits per heavy atom. The second kappa shape index (κ2) is 6.27. The number of carbonyl (C=O) groups is 1. The Kier molecular flexibility index (Phi) is 4.91. The highest BCUT2D eigenvalue weighted by Crippen LogP contribution is 2.49. The molecule has 2 N–H and O–H groups in total. The highest BCUT2D eigenvalue weighted by Gasteiger charge is 2.46. The van der Waals surface area contributed by atoms with Crippen LogP contribution in [0.5, 0.6) is 0 Å². The van der Waals surface area contributed by atoms with Gasteiger partial charge in [0.05, 0.1) is 5.60 Å². The summed E-state index contributed by atoms with van der Waals surface area (Å²) in [4.78, 5) is 11.1. The number of aliphatic carboxylic acids is 1. The first-order valence-electron chi connectivity index (χ1n) is 8.63. The van der Waals surface area contributed by atoms with Crippen molar-refractivity contribution in [2.45, 2.75) is 77.2 Å². The lowest BCUT2D eigenvalue weighted by atomic mass is 9.57. The second-order valence-corrected chi connectivity index (χ2v) is 8.13. The fraction of sp³-hybridized carbons (Fsp3) is 0.650. The molecular weight excluding hydrogens is 288 g/mol. The molecule has 3 nitrogen and oxygen atoms in total. The lowest BCUT2D eigenvalue weighted by Gasteiger charge is -2.48. The van der Waals surface area contributed by atoms with Crippen LogP contribution < -0.4 is 0 Å². The summed E-state index contributed by atoms with van der Waals surface area (Å²) in [5, 5.41) is 19.8. The number of aliphatic hydroxyl groups is 1. The van der Waals surface area contributed by atoms with E-state index in [2.05, 4.69) is 39.0 Å². The van der Waals surface area contributed by atoms with E-state index in [4.69, 9.17) is 5.11 Å². The molecule has 0 aromatic heterocycles. The first kappa shape index (κ1) is 18.0. The van der Waals surface area contributed by atoms with E-state index in [0.29, 0.717) is 12.3 Å². The molecule has 0 amide bonds. The lowest BCUT2D eigenvalue weighted by Crippen LogP contribution is -2.48. The highest BCUT2D eigenvalue weighted by atomic mass is 16.4. The van der Waals surface area contributed by atoms with E-state index in [-0.39, 0.29) is 17.8 Å². The van der Waals surface area contributed by atoms with Gasteiger partial charge in [-0.3, -0.25) is 4.79 Å². The number of carboxylic acid groups (broad SMARTS) is 1. The van der Waals surface area contributed by atoms with Crippen molar-refractivity contribution in [3.8, 4) is 0 Å². The molecule has 0 aliphatic heterocycles. The smallest absolute Gasteiger partial charge is 0.303 e. The Balaban J connectivity index is 2.49. The van der Waals surface area contributed by atoms with E-state index in [0.717, 1.165) is 12.8 Å². The first-order chi connectivity index (χ1) is 10.6. The summed E-state index contributed by atoms with van der Waals surface area (Å²) in [5.41, 5.74) is 2.75. The molecule has 2 atom stereocenters. The van der Waals surface area contributed by atoms with E-state index >= 15 is 0 Å². The molecule has 0 saturated carbocycles. The second-order valence-electron chi connectivity index (χ2n) is 8.13. The van der Waals surface area contributed by atoms with Gasteiger partial charge in [0.25, 0.3) is 0 Å². The van der Waals surface area contributed by atoms with Gasteiger partial charge >= 0.3 is 5.97 Å². The molecule has 0 spiro atoms. The van der Waals surface area contributed by atoms with Crippen LogP contribution in [0.15, 0.2) is 18.2 Å². The van der Waals surface area contributed by atoms with Crippen molar-refractivity contribution in [1.29, 1.82) is 0 Å². The maximum atomic E-state index is 11.1. The normalized spacial score (nSPS) is 24.6. The third-order valence-electron chi connectivity index (χ3n) is 5.59. The number of hydrogen-bond acceptors (Lipinski definition) is 2. The first-order valence-corrected chi connectivity index (χ1v) is 8.63. The van der Waals surface area contributed by atoms with Crippen molar-refractivity contribution in [3.05, 3.63) is 34.9 Å². The average Bonchev–Trinajstić information content (AvgIpc) is 2.43. The Hall–Kier alpha value is -1.35.